The molecule has 7 heteroatoms. The number of cyclic esters (lactones) is 1. The van der Waals surface area contributed by atoms with E-state index in [4.69, 9.17) is 4.74 Å². The molecular formula is C33H40NO5P. The van der Waals surface area contributed by atoms with Crippen LogP contribution in [-0.4, -0.2) is 54.8 Å². The number of hydrogen-bond donors (Lipinski definition) is 0. The number of Topliss-reactive ketones (excluding diaryl/α,β-unsaturated/α-hetero) is 1. The van der Waals surface area contributed by atoms with Crippen LogP contribution in [0.15, 0.2) is 60.7 Å². The van der Waals surface area contributed by atoms with Gasteiger partial charge in [-0.1, -0.05) is 74.5 Å². The Labute approximate surface area is 239 Å². The van der Waals surface area contributed by atoms with Gasteiger partial charge in [-0.25, -0.2) is 9.69 Å². The van der Waals surface area contributed by atoms with Crippen molar-refractivity contribution in [1.82, 2.24) is 4.90 Å². The van der Waals surface area contributed by atoms with Gasteiger partial charge in [-0.3, -0.25) is 9.59 Å². The van der Waals surface area contributed by atoms with Crippen molar-refractivity contribution < 1.29 is 23.7 Å². The monoisotopic (exact) mass is 561 g/mol. The van der Waals surface area contributed by atoms with Crippen LogP contribution in [0.5, 0.6) is 0 Å². The predicted octanol–water partition coefficient (Wildman–Crippen LogP) is 6.44. The molecule has 1 aliphatic rings. The number of imide groups is 1. The Kier molecular flexibility index (Phi) is 12.9. The highest BCUT2D eigenvalue weighted by molar-refractivity contribution is 7.63. The van der Waals surface area contributed by atoms with Gasteiger partial charge < -0.3 is 9.30 Å². The van der Waals surface area contributed by atoms with Crippen molar-refractivity contribution in [2.45, 2.75) is 52.5 Å². The second-order valence-electron chi connectivity index (χ2n) is 10.4. The van der Waals surface area contributed by atoms with Crippen LogP contribution < -0.4 is 0 Å². The second-order valence-corrected chi connectivity index (χ2v) is 13.9. The highest BCUT2D eigenvalue weighted by atomic mass is 31.2. The van der Waals surface area contributed by atoms with Gasteiger partial charge in [0.25, 0.3) is 0 Å². The standard InChI is InChI=1S/C23H23NO3.C10H17O2P/c1-3-4-11-17(2)22(25)24-20(16-27-23(24)26)21(18-12-7-5-8-13-18)19-14-9-6-10-15-19;1-5-6-7-9(2)10(11)8-13(3,4)12/h5-10,12-15,17,20-21H,11,16H2,1-2H3;9H,7-8H2,1-4H3/t17-,20-;9-/m00/s1. The third-order valence-corrected chi connectivity index (χ3v) is 7.60. The number of hydrogen-bond acceptors (Lipinski definition) is 5. The van der Waals surface area contributed by atoms with Gasteiger partial charge in [-0.2, -0.15) is 0 Å². The second kappa shape index (κ2) is 15.9. The van der Waals surface area contributed by atoms with Crippen LogP contribution in [-0.2, 0) is 18.9 Å². The topological polar surface area (TPSA) is 80.8 Å². The van der Waals surface area contributed by atoms with E-state index in [-0.39, 0.29) is 48.3 Å². The highest BCUT2D eigenvalue weighted by Crippen LogP contribution is 2.36. The van der Waals surface area contributed by atoms with Gasteiger partial charge in [-0.15, -0.1) is 23.7 Å². The van der Waals surface area contributed by atoms with Crippen LogP contribution in [0.4, 0.5) is 4.79 Å². The van der Waals surface area contributed by atoms with Crippen LogP contribution >= 0.6 is 7.14 Å². The lowest BCUT2D eigenvalue weighted by atomic mass is 9.84. The number of nitrogens with zero attached hydrogens (tertiary/aromatic N) is 1. The van der Waals surface area contributed by atoms with Gasteiger partial charge in [0.2, 0.25) is 5.91 Å². The first-order valence-corrected chi connectivity index (χ1v) is 16.2. The summed E-state index contributed by atoms with van der Waals surface area (Å²) in [6.45, 7) is 10.6. The molecule has 6 nitrogen and oxygen atoms in total. The third-order valence-electron chi connectivity index (χ3n) is 6.52. The Morgan fingerprint density at radius 3 is 1.82 bits per heavy atom. The zero-order valence-corrected chi connectivity index (χ0v) is 25.2. The molecule has 0 bridgehead atoms. The molecule has 0 saturated carbocycles. The lowest BCUT2D eigenvalue weighted by molar-refractivity contribution is -0.133. The maximum atomic E-state index is 13.0. The summed E-state index contributed by atoms with van der Waals surface area (Å²) in [5, 5.41) is 0. The fourth-order valence-electron chi connectivity index (χ4n) is 4.37. The third kappa shape index (κ3) is 9.86. The number of benzene rings is 2. The molecule has 0 unspecified atom stereocenters. The molecule has 0 spiro atoms. The fourth-order valence-corrected chi connectivity index (χ4v) is 5.43. The van der Waals surface area contributed by atoms with E-state index in [9.17, 15) is 18.9 Å². The Bertz CT molecular complexity index is 1270. The predicted molar refractivity (Wildman–Crippen MR) is 160 cm³/mol. The molecule has 212 valence electrons. The minimum atomic E-state index is -2.21. The van der Waals surface area contributed by atoms with Crippen LogP contribution in [0, 0.1) is 35.5 Å². The summed E-state index contributed by atoms with van der Waals surface area (Å²) < 4.78 is 16.7. The van der Waals surface area contributed by atoms with E-state index in [2.05, 4.69) is 23.7 Å². The van der Waals surface area contributed by atoms with E-state index in [1.807, 2.05) is 67.6 Å². The summed E-state index contributed by atoms with van der Waals surface area (Å²) in [6, 6.07) is 19.5. The molecular weight excluding hydrogens is 521 g/mol. The van der Waals surface area contributed by atoms with Gasteiger partial charge in [0, 0.05) is 30.6 Å². The molecule has 1 aliphatic heterocycles. The molecule has 0 aliphatic carbocycles. The average molecular weight is 562 g/mol. The summed E-state index contributed by atoms with van der Waals surface area (Å²) in [7, 11) is -2.21. The molecule has 3 rings (SSSR count). The molecule has 1 heterocycles. The maximum Gasteiger partial charge on any atom is 0.417 e. The number of ketones is 1. The molecule has 3 atom stereocenters. The van der Waals surface area contributed by atoms with Gasteiger partial charge in [0.05, 0.1) is 19.3 Å². The van der Waals surface area contributed by atoms with Crippen LogP contribution in [0.3, 0.4) is 0 Å². The minimum Gasteiger partial charge on any atom is -0.447 e. The summed E-state index contributed by atoms with van der Waals surface area (Å²) in [5.74, 6) is 10.6. The fraction of sp³-hybridized carbons (Fsp3) is 0.424. The minimum absolute atomic E-state index is 0.0658. The normalized spacial score (nSPS) is 15.8. The summed E-state index contributed by atoms with van der Waals surface area (Å²) in [4.78, 5) is 38.1. The molecule has 2 amide bonds. The van der Waals surface area contributed by atoms with Crippen LogP contribution in [0.1, 0.15) is 57.6 Å². The molecule has 0 N–H and O–H groups in total. The first-order chi connectivity index (χ1) is 19.0. The Hall–Kier alpha value is -3.60. The van der Waals surface area contributed by atoms with Crippen molar-refractivity contribution in [2.75, 3.05) is 26.1 Å². The lowest BCUT2D eigenvalue weighted by Gasteiger charge is -2.30. The number of carbonyl (C=O) groups is 3. The zero-order chi connectivity index (χ0) is 29.7. The van der Waals surface area contributed by atoms with Gasteiger partial charge in [0.15, 0.2) is 0 Å². The van der Waals surface area contributed by atoms with Crippen molar-refractivity contribution in [3.63, 3.8) is 0 Å². The molecule has 2 aromatic carbocycles. The van der Waals surface area contributed by atoms with E-state index < -0.39 is 13.2 Å². The van der Waals surface area contributed by atoms with E-state index in [1.54, 1.807) is 34.1 Å². The van der Waals surface area contributed by atoms with Crippen molar-refractivity contribution in [3.05, 3.63) is 71.8 Å². The van der Waals surface area contributed by atoms with Crippen molar-refractivity contribution in [3.8, 4) is 23.7 Å². The average Bonchev–Trinajstić information content (AvgIpc) is 3.31. The quantitative estimate of drug-likeness (QED) is 0.260. The smallest absolute Gasteiger partial charge is 0.417 e. The summed E-state index contributed by atoms with van der Waals surface area (Å²) in [6.07, 6.45) is 0.639. The van der Waals surface area contributed by atoms with E-state index in [0.717, 1.165) is 11.1 Å². The largest absolute Gasteiger partial charge is 0.447 e. The number of rotatable bonds is 9. The van der Waals surface area contributed by atoms with Crippen LogP contribution in [0.2, 0.25) is 0 Å². The Balaban J connectivity index is 0.000000366. The summed E-state index contributed by atoms with van der Waals surface area (Å²) in [5.41, 5.74) is 2.09. The maximum absolute atomic E-state index is 13.0. The Morgan fingerprint density at radius 1 is 0.900 bits per heavy atom. The summed E-state index contributed by atoms with van der Waals surface area (Å²) >= 11 is 0. The zero-order valence-electron chi connectivity index (χ0n) is 24.3. The van der Waals surface area contributed by atoms with E-state index >= 15 is 0 Å². The highest BCUT2D eigenvalue weighted by Gasteiger charge is 2.44. The first kappa shape index (κ1) is 32.6. The molecule has 40 heavy (non-hydrogen) atoms. The van der Waals surface area contributed by atoms with Crippen molar-refractivity contribution in [2.24, 2.45) is 11.8 Å². The van der Waals surface area contributed by atoms with Gasteiger partial charge in [-0.05, 0) is 38.3 Å². The van der Waals surface area contributed by atoms with Gasteiger partial charge in [0.1, 0.15) is 12.4 Å². The number of carbonyl (C=O) groups excluding carboxylic acids is 3. The van der Waals surface area contributed by atoms with Crippen molar-refractivity contribution >= 4 is 24.9 Å². The molecule has 1 fully saturated rings. The van der Waals surface area contributed by atoms with E-state index in [1.165, 1.54) is 4.90 Å². The van der Waals surface area contributed by atoms with Crippen LogP contribution in [0.25, 0.3) is 0 Å². The van der Waals surface area contributed by atoms with Crippen molar-refractivity contribution in [1.29, 1.82) is 0 Å². The SMILES string of the molecule is CC#CC[C@H](C)C(=O)CP(C)(C)=O.CC#CC[C@H](C)C(=O)N1C(=O)OC[C@H]1C(c1ccccc1)c1ccccc1. The van der Waals surface area contributed by atoms with Gasteiger partial charge >= 0.3 is 6.09 Å². The Morgan fingerprint density at radius 2 is 1.38 bits per heavy atom. The number of amides is 2. The first-order valence-electron chi connectivity index (χ1n) is 13.5. The molecule has 0 radical (unpaired) electrons. The number of ether oxygens (including phenoxy) is 1. The lowest BCUT2D eigenvalue weighted by Crippen LogP contribution is -2.45. The molecule has 0 aromatic heterocycles. The molecule has 1 saturated heterocycles. The molecule has 2 aromatic rings. The van der Waals surface area contributed by atoms with E-state index in [0.29, 0.717) is 12.8 Å².